The second-order valence-corrected chi connectivity index (χ2v) is 7.21. The highest BCUT2D eigenvalue weighted by atomic mass is 79.9. The first-order valence-electron chi connectivity index (χ1n) is 7.13. The van der Waals surface area contributed by atoms with E-state index in [4.69, 9.17) is 0 Å². The van der Waals surface area contributed by atoms with Gasteiger partial charge < -0.3 is 15.0 Å². The number of rotatable bonds is 3. The Balaban J connectivity index is 1.69. The molecule has 0 spiro atoms. The van der Waals surface area contributed by atoms with Crippen molar-refractivity contribution in [3.05, 3.63) is 38.9 Å². The van der Waals surface area contributed by atoms with Crippen molar-refractivity contribution in [2.24, 2.45) is 0 Å². The first-order chi connectivity index (χ1) is 10.6. The molecule has 22 heavy (non-hydrogen) atoms. The first kappa shape index (κ1) is 14.2. The number of halogens is 1. The Hall–Kier alpha value is -1.44. The number of hydrogen-bond acceptors (Lipinski definition) is 5. The summed E-state index contributed by atoms with van der Waals surface area (Å²) in [6.07, 6.45) is 4.49. The molecule has 0 radical (unpaired) electrons. The van der Waals surface area contributed by atoms with Crippen LogP contribution in [0.1, 0.15) is 18.1 Å². The third-order valence-electron chi connectivity index (χ3n) is 4.23. The van der Waals surface area contributed by atoms with Crippen LogP contribution >= 0.6 is 27.3 Å². The summed E-state index contributed by atoms with van der Waals surface area (Å²) >= 11 is 5.10. The molecule has 2 N–H and O–H groups in total. The van der Waals surface area contributed by atoms with Gasteiger partial charge in [-0.2, -0.15) is 11.3 Å². The van der Waals surface area contributed by atoms with Crippen LogP contribution in [-0.2, 0) is 12.0 Å². The summed E-state index contributed by atoms with van der Waals surface area (Å²) in [6, 6.07) is 0. The van der Waals surface area contributed by atoms with E-state index < -0.39 is 5.60 Å². The molecule has 4 heterocycles. The van der Waals surface area contributed by atoms with Gasteiger partial charge in [-0.3, -0.25) is 0 Å². The number of anilines is 1. The summed E-state index contributed by atoms with van der Waals surface area (Å²) in [5.74, 6) is 0.902. The topological polar surface area (TPSA) is 65.0 Å². The van der Waals surface area contributed by atoms with E-state index in [1.807, 2.05) is 17.0 Å². The molecule has 1 aliphatic rings. The van der Waals surface area contributed by atoms with Crippen LogP contribution in [0, 0.1) is 0 Å². The molecule has 114 valence electrons. The summed E-state index contributed by atoms with van der Waals surface area (Å²) in [5.41, 5.74) is 2.22. The van der Waals surface area contributed by atoms with Gasteiger partial charge in [0.1, 0.15) is 23.4 Å². The van der Waals surface area contributed by atoms with E-state index in [-0.39, 0.29) is 0 Å². The van der Waals surface area contributed by atoms with Crippen LogP contribution in [0.2, 0.25) is 0 Å². The van der Waals surface area contributed by atoms with Crippen LogP contribution in [0.15, 0.2) is 27.8 Å². The minimum absolute atomic E-state index is 0.544. The van der Waals surface area contributed by atoms with Gasteiger partial charge in [0.25, 0.3) is 0 Å². The molecule has 1 fully saturated rings. The van der Waals surface area contributed by atoms with E-state index in [0.717, 1.165) is 33.3 Å². The maximum Gasteiger partial charge on any atom is 0.143 e. The number of H-pyrrole nitrogens is 1. The highest BCUT2D eigenvalue weighted by Crippen LogP contribution is 2.41. The Morgan fingerprint density at radius 1 is 1.41 bits per heavy atom. The zero-order valence-corrected chi connectivity index (χ0v) is 14.4. The molecule has 0 amide bonds. The van der Waals surface area contributed by atoms with Gasteiger partial charge in [-0.1, -0.05) is 6.92 Å². The van der Waals surface area contributed by atoms with Crippen molar-refractivity contribution in [2.45, 2.75) is 18.9 Å². The fourth-order valence-corrected chi connectivity index (χ4v) is 4.80. The number of aliphatic hydroxyl groups is 1. The fourth-order valence-electron chi connectivity index (χ4n) is 3.05. The van der Waals surface area contributed by atoms with Crippen LogP contribution in [0.3, 0.4) is 0 Å². The van der Waals surface area contributed by atoms with E-state index in [0.29, 0.717) is 13.1 Å². The Labute approximate surface area is 140 Å². The van der Waals surface area contributed by atoms with E-state index in [1.54, 1.807) is 17.7 Å². The Bertz CT molecular complexity index is 837. The third-order valence-corrected chi connectivity index (χ3v) is 5.94. The molecular weight excluding hydrogens is 364 g/mol. The van der Waals surface area contributed by atoms with Gasteiger partial charge in [-0.15, -0.1) is 0 Å². The van der Waals surface area contributed by atoms with Crippen molar-refractivity contribution in [1.29, 1.82) is 0 Å². The molecule has 4 rings (SSSR count). The molecule has 7 heteroatoms. The highest BCUT2D eigenvalue weighted by molar-refractivity contribution is 9.10. The van der Waals surface area contributed by atoms with Crippen molar-refractivity contribution in [2.75, 3.05) is 18.0 Å². The fraction of sp³-hybridized carbons (Fsp3) is 0.333. The highest BCUT2D eigenvalue weighted by Gasteiger charge is 2.45. The molecule has 0 unspecified atom stereocenters. The number of nitrogens with one attached hydrogen (secondary N) is 1. The standard InChI is InChI=1S/C15H15BrN4OS/c1-2-9-3-17-13-12(9)14(19-8-18-13)20-6-15(21,7-20)10-4-22-5-11(10)16/h3-5,8,21H,2,6-7H2,1H3,(H,17,18,19). The van der Waals surface area contributed by atoms with Crippen LogP contribution in [0.4, 0.5) is 5.82 Å². The van der Waals surface area contributed by atoms with Crippen LogP contribution in [-0.4, -0.2) is 33.1 Å². The van der Waals surface area contributed by atoms with Gasteiger partial charge in [-0.25, -0.2) is 9.97 Å². The number of thiophene rings is 1. The van der Waals surface area contributed by atoms with Crippen LogP contribution in [0.5, 0.6) is 0 Å². The largest absolute Gasteiger partial charge is 0.381 e. The van der Waals surface area contributed by atoms with Gasteiger partial charge in [0.15, 0.2) is 0 Å². The quantitative estimate of drug-likeness (QED) is 0.734. The zero-order chi connectivity index (χ0) is 15.3. The Morgan fingerprint density at radius 3 is 2.91 bits per heavy atom. The molecule has 0 atom stereocenters. The minimum atomic E-state index is -0.807. The number of aromatic nitrogens is 3. The number of hydrogen-bond donors (Lipinski definition) is 2. The SMILES string of the molecule is CCc1c[nH]c2ncnc(N3CC(O)(c4cscc4Br)C3)c12. The molecule has 0 bridgehead atoms. The molecule has 1 saturated heterocycles. The average Bonchev–Trinajstić information content (AvgIpc) is 3.09. The Morgan fingerprint density at radius 2 is 2.23 bits per heavy atom. The molecule has 3 aromatic heterocycles. The summed E-state index contributed by atoms with van der Waals surface area (Å²) in [6.45, 7) is 3.21. The molecule has 0 saturated carbocycles. The van der Waals surface area contributed by atoms with Gasteiger partial charge in [0, 0.05) is 21.6 Å². The van der Waals surface area contributed by atoms with E-state index in [1.165, 1.54) is 5.56 Å². The summed E-state index contributed by atoms with van der Waals surface area (Å²) in [4.78, 5) is 14.0. The summed E-state index contributed by atoms with van der Waals surface area (Å²) in [5, 5.41) is 15.9. The lowest BCUT2D eigenvalue weighted by Gasteiger charge is -2.47. The molecule has 1 aliphatic heterocycles. The van der Waals surface area contributed by atoms with E-state index in [9.17, 15) is 5.11 Å². The lowest BCUT2D eigenvalue weighted by atomic mass is 9.88. The molecule has 5 nitrogen and oxygen atoms in total. The second-order valence-electron chi connectivity index (χ2n) is 5.61. The lowest BCUT2D eigenvalue weighted by Crippen LogP contribution is -2.60. The smallest absolute Gasteiger partial charge is 0.143 e. The minimum Gasteiger partial charge on any atom is -0.381 e. The second kappa shape index (κ2) is 5.04. The van der Waals surface area contributed by atoms with Gasteiger partial charge in [0.05, 0.1) is 18.5 Å². The van der Waals surface area contributed by atoms with E-state index >= 15 is 0 Å². The maximum atomic E-state index is 10.8. The number of nitrogens with zero attached hydrogens (tertiary/aromatic N) is 3. The zero-order valence-electron chi connectivity index (χ0n) is 12.0. The summed E-state index contributed by atoms with van der Waals surface area (Å²) < 4.78 is 0.975. The number of β-amino-alcohol motifs (C(OH)–C–C–N with tert-alkyl or cyclic N) is 1. The van der Waals surface area contributed by atoms with Crippen molar-refractivity contribution in [3.63, 3.8) is 0 Å². The molecule has 3 aromatic rings. The number of aromatic amines is 1. The van der Waals surface area contributed by atoms with Crippen LogP contribution in [0.25, 0.3) is 11.0 Å². The first-order valence-corrected chi connectivity index (χ1v) is 8.86. The predicted octanol–water partition coefficient (Wildman–Crippen LogP) is 3.05. The number of aryl methyl sites for hydroxylation is 1. The predicted molar refractivity (Wildman–Crippen MR) is 91.4 cm³/mol. The van der Waals surface area contributed by atoms with Crippen molar-refractivity contribution < 1.29 is 5.11 Å². The molecule has 0 aromatic carbocycles. The summed E-state index contributed by atoms with van der Waals surface area (Å²) in [7, 11) is 0. The molecular formula is C15H15BrN4OS. The van der Waals surface area contributed by atoms with Crippen molar-refractivity contribution in [3.8, 4) is 0 Å². The van der Waals surface area contributed by atoms with Gasteiger partial charge in [0.2, 0.25) is 0 Å². The van der Waals surface area contributed by atoms with Gasteiger partial charge in [-0.05, 0) is 33.3 Å². The normalized spacial score (nSPS) is 17.0. The maximum absolute atomic E-state index is 10.8. The number of fused-ring (bicyclic) bond motifs is 1. The third kappa shape index (κ3) is 2.00. The monoisotopic (exact) mass is 378 g/mol. The van der Waals surface area contributed by atoms with Crippen molar-refractivity contribution >= 4 is 44.1 Å². The molecule has 0 aliphatic carbocycles. The lowest BCUT2D eigenvalue weighted by molar-refractivity contribution is 0.00698. The van der Waals surface area contributed by atoms with Gasteiger partial charge >= 0.3 is 0 Å². The Kier molecular flexibility index (Phi) is 3.25. The van der Waals surface area contributed by atoms with E-state index in [2.05, 4.69) is 42.7 Å². The average molecular weight is 379 g/mol. The van der Waals surface area contributed by atoms with Crippen LogP contribution < -0.4 is 4.90 Å². The van der Waals surface area contributed by atoms with Crippen molar-refractivity contribution in [1.82, 2.24) is 15.0 Å².